The molecule has 19 heavy (non-hydrogen) atoms. The molecule has 1 aromatic carbocycles. The molecular weight excluding hydrogens is 260 g/mol. The number of hydrogen-bond donors (Lipinski definition) is 2. The van der Waals surface area contributed by atoms with Gasteiger partial charge in [0, 0.05) is 31.1 Å². The highest BCUT2D eigenvalue weighted by molar-refractivity contribution is 7.99. The maximum Gasteiger partial charge on any atom is 0.168 e. The van der Waals surface area contributed by atoms with Gasteiger partial charge in [0.25, 0.3) is 0 Å². The molecule has 2 aromatic rings. The van der Waals surface area contributed by atoms with Crippen LogP contribution in [0.25, 0.3) is 0 Å². The van der Waals surface area contributed by atoms with Crippen molar-refractivity contribution in [1.82, 2.24) is 9.55 Å². The number of aryl methyl sites for hydroxylation is 1. The van der Waals surface area contributed by atoms with Crippen molar-refractivity contribution >= 4 is 17.6 Å². The quantitative estimate of drug-likeness (QED) is 0.289. The van der Waals surface area contributed by atoms with Crippen LogP contribution in [-0.4, -0.2) is 20.6 Å². The molecule has 0 aliphatic rings. The zero-order chi connectivity index (χ0) is 13.7. The second-order valence-electron chi connectivity index (χ2n) is 4.13. The fourth-order valence-corrected chi connectivity index (χ4v) is 2.87. The summed E-state index contributed by atoms with van der Waals surface area (Å²) in [4.78, 5) is 4.30. The predicted molar refractivity (Wildman–Crippen MR) is 76.3 cm³/mol. The maximum absolute atomic E-state index is 8.74. The molecule has 0 aliphatic heterocycles. The molecule has 3 N–H and O–H groups in total. The number of nitrogens with zero attached hydrogens (tertiary/aromatic N) is 3. The first-order chi connectivity index (χ1) is 9.20. The van der Waals surface area contributed by atoms with E-state index < -0.39 is 0 Å². The molecule has 0 saturated heterocycles. The number of imidazole rings is 1. The largest absolute Gasteiger partial charge is 0.409 e. The van der Waals surface area contributed by atoms with Gasteiger partial charge in [-0.15, -0.1) is 0 Å². The summed E-state index contributed by atoms with van der Waals surface area (Å²) < 4.78 is 1.95. The fourth-order valence-electron chi connectivity index (χ4n) is 1.72. The van der Waals surface area contributed by atoms with Crippen LogP contribution in [0.15, 0.2) is 53.0 Å². The highest BCUT2D eigenvalue weighted by Gasteiger charge is 2.17. The molecule has 2 rings (SSSR count). The summed E-state index contributed by atoms with van der Waals surface area (Å²) in [5.74, 6) is 0.218. The first-order valence-corrected chi connectivity index (χ1v) is 6.74. The summed E-state index contributed by atoms with van der Waals surface area (Å²) in [6, 6.07) is 9.99. The summed E-state index contributed by atoms with van der Waals surface area (Å²) in [5, 5.41) is 12.8. The lowest BCUT2D eigenvalue weighted by atomic mass is 10.1. The number of thioether (sulfide) groups is 1. The number of nitrogens with two attached hydrogens (primary N) is 1. The third-order valence-corrected chi connectivity index (χ3v) is 4.05. The minimum atomic E-state index is 0.0678. The summed E-state index contributed by atoms with van der Waals surface area (Å²) >= 11 is 1.60. The molecule has 1 aromatic heterocycles. The van der Waals surface area contributed by atoms with E-state index in [0.29, 0.717) is 6.42 Å². The first-order valence-electron chi connectivity index (χ1n) is 5.86. The monoisotopic (exact) mass is 276 g/mol. The molecule has 1 atom stereocenters. The smallest absolute Gasteiger partial charge is 0.168 e. The fraction of sp³-hybridized carbons (Fsp3) is 0.231. The van der Waals surface area contributed by atoms with Crippen molar-refractivity contribution in [3.8, 4) is 0 Å². The molecule has 6 heteroatoms. The molecule has 0 radical (unpaired) electrons. The lowest BCUT2D eigenvalue weighted by molar-refractivity contribution is 0.317. The van der Waals surface area contributed by atoms with Crippen LogP contribution in [0.2, 0.25) is 0 Å². The highest BCUT2D eigenvalue weighted by Crippen LogP contribution is 2.36. The molecule has 100 valence electrons. The Labute approximate surface area is 116 Å². The summed E-state index contributed by atoms with van der Waals surface area (Å²) in [6.07, 6.45) is 4.12. The number of benzene rings is 1. The average molecular weight is 276 g/mol. The van der Waals surface area contributed by atoms with Crippen LogP contribution in [0, 0.1) is 0 Å². The topological polar surface area (TPSA) is 76.4 Å². The molecule has 5 nitrogen and oxygen atoms in total. The molecule has 1 unspecified atom stereocenters. The average Bonchev–Trinajstić information content (AvgIpc) is 2.84. The van der Waals surface area contributed by atoms with Gasteiger partial charge in [0.2, 0.25) is 0 Å². The standard InChI is InChI=1S/C13H16N4OS/c1-17-8-7-15-13(17)19-11(9-12(14)16-18)10-5-3-2-4-6-10/h2-8,11,18H,9H2,1H3,(H2,14,16). The Morgan fingerprint density at radius 1 is 1.47 bits per heavy atom. The second kappa shape index (κ2) is 6.29. The lowest BCUT2D eigenvalue weighted by Crippen LogP contribution is -2.15. The van der Waals surface area contributed by atoms with Crippen molar-refractivity contribution in [2.45, 2.75) is 16.8 Å². The summed E-state index contributed by atoms with van der Waals surface area (Å²) in [7, 11) is 1.95. The molecule has 0 fully saturated rings. The van der Waals surface area contributed by atoms with Crippen LogP contribution < -0.4 is 5.73 Å². The van der Waals surface area contributed by atoms with Gasteiger partial charge in [-0.2, -0.15) is 0 Å². The molecule has 0 bridgehead atoms. The van der Waals surface area contributed by atoms with E-state index in [4.69, 9.17) is 10.9 Å². The van der Waals surface area contributed by atoms with Gasteiger partial charge in [-0.25, -0.2) is 4.98 Å². The van der Waals surface area contributed by atoms with Gasteiger partial charge in [0.15, 0.2) is 5.16 Å². The van der Waals surface area contributed by atoms with E-state index in [1.54, 1.807) is 18.0 Å². The van der Waals surface area contributed by atoms with Gasteiger partial charge in [-0.3, -0.25) is 0 Å². The van der Waals surface area contributed by atoms with Gasteiger partial charge in [-0.05, 0) is 5.56 Å². The number of oxime groups is 1. The second-order valence-corrected chi connectivity index (χ2v) is 5.30. The zero-order valence-electron chi connectivity index (χ0n) is 10.6. The van der Waals surface area contributed by atoms with Gasteiger partial charge < -0.3 is 15.5 Å². The van der Waals surface area contributed by atoms with Gasteiger partial charge in [0.05, 0.1) is 0 Å². The van der Waals surface area contributed by atoms with Crippen molar-refractivity contribution in [2.24, 2.45) is 17.9 Å². The van der Waals surface area contributed by atoms with Crippen LogP contribution in [0.4, 0.5) is 0 Å². The number of aromatic nitrogens is 2. The first kappa shape index (κ1) is 13.5. The Kier molecular flexibility index (Phi) is 4.46. The van der Waals surface area contributed by atoms with Gasteiger partial charge in [-0.1, -0.05) is 47.2 Å². The minimum absolute atomic E-state index is 0.0678. The number of rotatable bonds is 5. The Morgan fingerprint density at radius 2 is 2.21 bits per heavy atom. The normalized spacial score (nSPS) is 13.4. The van der Waals surface area contributed by atoms with Crippen LogP contribution in [0.1, 0.15) is 17.2 Å². The molecule has 0 amide bonds. The van der Waals surface area contributed by atoms with Gasteiger partial charge >= 0.3 is 0 Å². The summed E-state index contributed by atoms with van der Waals surface area (Å²) in [5.41, 5.74) is 6.76. The van der Waals surface area contributed by atoms with E-state index in [1.165, 1.54) is 0 Å². The minimum Gasteiger partial charge on any atom is -0.409 e. The van der Waals surface area contributed by atoms with Crippen molar-refractivity contribution < 1.29 is 5.21 Å². The van der Waals surface area contributed by atoms with Crippen molar-refractivity contribution in [1.29, 1.82) is 0 Å². The molecule has 0 aliphatic carbocycles. The molecular formula is C13H16N4OS. The van der Waals surface area contributed by atoms with Crippen LogP contribution in [0.3, 0.4) is 0 Å². The highest BCUT2D eigenvalue weighted by atomic mass is 32.2. The Hall–Kier alpha value is -1.95. The third-order valence-electron chi connectivity index (χ3n) is 2.72. The van der Waals surface area contributed by atoms with E-state index in [-0.39, 0.29) is 11.1 Å². The maximum atomic E-state index is 8.74. The van der Waals surface area contributed by atoms with E-state index in [9.17, 15) is 0 Å². The van der Waals surface area contributed by atoms with Gasteiger partial charge in [0.1, 0.15) is 5.84 Å². The molecule has 1 heterocycles. The zero-order valence-corrected chi connectivity index (χ0v) is 11.4. The lowest BCUT2D eigenvalue weighted by Gasteiger charge is -2.15. The Bertz CT molecular complexity index is 553. The van der Waals surface area contributed by atoms with Crippen LogP contribution in [0.5, 0.6) is 0 Å². The SMILES string of the molecule is Cn1ccnc1SC(CC(N)=NO)c1ccccc1. The molecule has 0 saturated carbocycles. The van der Waals surface area contributed by atoms with Crippen molar-refractivity contribution in [3.63, 3.8) is 0 Å². The predicted octanol–water partition coefficient (Wildman–Crippen LogP) is 2.39. The third kappa shape index (κ3) is 3.51. The number of amidine groups is 1. The Morgan fingerprint density at radius 3 is 2.79 bits per heavy atom. The summed E-state index contributed by atoms with van der Waals surface area (Å²) in [6.45, 7) is 0. The van der Waals surface area contributed by atoms with E-state index in [0.717, 1.165) is 10.7 Å². The Balaban J connectivity index is 2.22. The van der Waals surface area contributed by atoms with Crippen LogP contribution in [-0.2, 0) is 7.05 Å². The van der Waals surface area contributed by atoms with E-state index in [2.05, 4.69) is 10.1 Å². The van der Waals surface area contributed by atoms with Crippen LogP contribution >= 0.6 is 11.8 Å². The molecule has 0 spiro atoms. The van der Waals surface area contributed by atoms with Crippen molar-refractivity contribution in [2.75, 3.05) is 0 Å². The number of hydrogen-bond acceptors (Lipinski definition) is 4. The van der Waals surface area contributed by atoms with E-state index in [1.807, 2.05) is 48.1 Å². The van der Waals surface area contributed by atoms with Crippen molar-refractivity contribution in [3.05, 3.63) is 48.3 Å². The van der Waals surface area contributed by atoms with E-state index >= 15 is 0 Å².